The molecule has 2 N–H and O–H groups in total. The van der Waals surface area contributed by atoms with E-state index in [9.17, 15) is 0 Å². The van der Waals surface area contributed by atoms with E-state index in [0.29, 0.717) is 12.1 Å². The van der Waals surface area contributed by atoms with Gasteiger partial charge in [-0.1, -0.05) is 12.1 Å². The van der Waals surface area contributed by atoms with Crippen molar-refractivity contribution in [2.45, 2.75) is 44.8 Å². The molecule has 1 aromatic heterocycles. The number of H-pyrrole nitrogens is 1. The highest BCUT2D eigenvalue weighted by Gasteiger charge is 2.24. The number of para-hydroxylation sites is 2. The van der Waals surface area contributed by atoms with Gasteiger partial charge in [0, 0.05) is 12.1 Å². The quantitative estimate of drug-likeness (QED) is 0.903. The molecule has 0 aliphatic carbocycles. The minimum absolute atomic E-state index is 0.267. The Balaban J connectivity index is 1.68. The fourth-order valence-electron chi connectivity index (χ4n) is 3.05. The van der Waals surface area contributed by atoms with E-state index in [1.54, 1.807) is 0 Å². The molecule has 3 unspecified atom stereocenters. The number of piperidine rings is 1. The molecule has 2 heterocycles. The maximum absolute atomic E-state index is 4.68. The second kappa shape index (κ2) is 5.54. The summed E-state index contributed by atoms with van der Waals surface area (Å²) in [5.74, 6) is 1.04. The predicted octanol–water partition coefficient (Wildman–Crippen LogP) is 2.70. The van der Waals surface area contributed by atoms with Gasteiger partial charge in [0.1, 0.15) is 5.82 Å². The molecule has 0 saturated carbocycles. The molecular formula is C16H24N4. The van der Waals surface area contributed by atoms with Crippen LogP contribution in [0.15, 0.2) is 24.3 Å². The van der Waals surface area contributed by atoms with Crippen LogP contribution in [0.1, 0.15) is 38.6 Å². The van der Waals surface area contributed by atoms with Crippen LogP contribution in [0, 0.1) is 0 Å². The molecule has 1 saturated heterocycles. The highest BCUT2D eigenvalue weighted by Crippen LogP contribution is 2.20. The third kappa shape index (κ3) is 2.72. The Bertz CT molecular complexity index is 544. The van der Waals surface area contributed by atoms with Gasteiger partial charge in [-0.3, -0.25) is 0 Å². The third-order valence-corrected chi connectivity index (χ3v) is 4.51. The van der Waals surface area contributed by atoms with Crippen molar-refractivity contribution in [2.75, 3.05) is 13.6 Å². The Kier molecular flexibility index (Phi) is 3.76. The lowest BCUT2D eigenvalue weighted by Crippen LogP contribution is -2.46. The topological polar surface area (TPSA) is 44.0 Å². The summed E-state index contributed by atoms with van der Waals surface area (Å²) in [5.41, 5.74) is 2.17. The van der Waals surface area contributed by atoms with Gasteiger partial charge in [0.25, 0.3) is 0 Å². The van der Waals surface area contributed by atoms with Crippen molar-refractivity contribution in [3.63, 3.8) is 0 Å². The van der Waals surface area contributed by atoms with Crippen molar-refractivity contribution in [2.24, 2.45) is 0 Å². The summed E-state index contributed by atoms with van der Waals surface area (Å²) in [6.07, 6.45) is 2.42. The summed E-state index contributed by atoms with van der Waals surface area (Å²) in [6.45, 7) is 5.67. The Labute approximate surface area is 120 Å². The van der Waals surface area contributed by atoms with Gasteiger partial charge >= 0.3 is 0 Å². The Morgan fingerprint density at radius 2 is 2.20 bits per heavy atom. The molecule has 108 valence electrons. The summed E-state index contributed by atoms with van der Waals surface area (Å²) in [6, 6.07) is 9.72. The highest BCUT2D eigenvalue weighted by molar-refractivity contribution is 5.74. The van der Waals surface area contributed by atoms with Crippen LogP contribution < -0.4 is 5.32 Å². The monoisotopic (exact) mass is 272 g/mol. The Morgan fingerprint density at radius 3 is 2.95 bits per heavy atom. The average Bonchev–Trinajstić information content (AvgIpc) is 2.87. The number of rotatable bonds is 3. The number of aromatic nitrogens is 2. The van der Waals surface area contributed by atoms with Gasteiger partial charge in [0.2, 0.25) is 0 Å². The zero-order valence-electron chi connectivity index (χ0n) is 12.6. The van der Waals surface area contributed by atoms with Crippen LogP contribution in [0.25, 0.3) is 11.0 Å². The zero-order valence-corrected chi connectivity index (χ0v) is 12.6. The zero-order chi connectivity index (χ0) is 14.1. The third-order valence-electron chi connectivity index (χ3n) is 4.51. The Morgan fingerprint density at radius 1 is 1.40 bits per heavy atom. The summed E-state index contributed by atoms with van der Waals surface area (Å²) < 4.78 is 0. The van der Waals surface area contributed by atoms with Crippen LogP contribution >= 0.6 is 0 Å². The molecule has 1 fully saturated rings. The largest absolute Gasteiger partial charge is 0.341 e. The van der Waals surface area contributed by atoms with Crippen LogP contribution in [0.2, 0.25) is 0 Å². The normalized spacial score (nSPS) is 25.9. The van der Waals surface area contributed by atoms with Gasteiger partial charge in [-0.2, -0.15) is 0 Å². The van der Waals surface area contributed by atoms with Crippen LogP contribution in [0.3, 0.4) is 0 Å². The molecule has 4 heteroatoms. The number of fused-ring (bicyclic) bond motifs is 1. The SMILES string of the molecule is CC(NC1CCN(C)C(C)C1)c1nc2ccccc2[nH]1. The molecule has 1 aliphatic rings. The number of nitrogens with one attached hydrogen (secondary N) is 2. The Hall–Kier alpha value is -1.39. The lowest BCUT2D eigenvalue weighted by atomic mass is 9.98. The van der Waals surface area contributed by atoms with Crippen molar-refractivity contribution < 1.29 is 0 Å². The molecule has 0 amide bonds. The highest BCUT2D eigenvalue weighted by atomic mass is 15.2. The van der Waals surface area contributed by atoms with Gasteiger partial charge in [-0.15, -0.1) is 0 Å². The average molecular weight is 272 g/mol. The molecule has 3 atom stereocenters. The van der Waals surface area contributed by atoms with Crippen LogP contribution in [-0.4, -0.2) is 40.5 Å². The number of aromatic amines is 1. The number of benzene rings is 1. The number of hydrogen-bond donors (Lipinski definition) is 2. The van der Waals surface area contributed by atoms with Crippen LogP contribution in [-0.2, 0) is 0 Å². The lowest BCUT2D eigenvalue weighted by Gasteiger charge is -2.36. The minimum Gasteiger partial charge on any atom is -0.341 e. The van der Waals surface area contributed by atoms with Crippen molar-refractivity contribution in [3.05, 3.63) is 30.1 Å². The summed E-state index contributed by atoms with van der Waals surface area (Å²) in [5, 5.41) is 3.73. The number of hydrogen-bond acceptors (Lipinski definition) is 3. The standard InChI is InChI=1S/C16H24N4/c1-11-10-13(8-9-20(11)3)17-12(2)16-18-14-6-4-5-7-15(14)19-16/h4-7,11-13,17H,8-10H2,1-3H3,(H,18,19). The van der Waals surface area contributed by atoms with Crippen molar-refractivity contribution >= 4 is 11.0 Å². The molecule has 0 radical (unpaired) electrons. The first-order valence-corrected chi connectivity index (χ1v) is 7.54. The second-order valence-corrected chi connectivity index (χ2v) is 6.08. The van der Waals surface area contributed by atoms with Gasteiger partial charge in [-0.05, 0) is 52.4 Å². The van der Waals surface area contributed by atoms with E-state index in [0.717, 1.165) is 16.9 Å². The van der Waals surface area contributed by atoms with E-state index in [2.05, 4.69) is 53.2 Å². The number of imidazole rings is 1. The van der Waals surface area contributed by atoms with E-state index in [-0.39, 0.29) is 6.04 Å². The van der Waals surface area contributed by atoms with Crippen LogP contribution in [0.5, 0.6) is 0 Å². The first-order valence-electron chi connectivity index (χ1n) is 7.54. The molecule has 1 aromatic carbocycles. The molecule has 0 spiro atoms. The van der Waals surface area contributed by atoms with E-state index >= 15 is 0 Å². The fraction of sp³-hybridized carbons (Fsp3) is 0.562. The summed E-state index contributed by atoms with van der Waals surface area (Å²) in [4.78, 5) is 10.5. The van der Waals surface area contributed by atoms with Gasteiger partial charge < -0.3 is 15.2 Å². The molecule has 1 aliphatic heterocycles. The van der Waals surface area contributed by atoms with E-state index in [4.69, 9.17) is 0 Å². The molecule has 3 rings (SSSR count). The molecular weight excluding hydrogens is 248 g/mol. The second-order valence-electron chi connectivity index (χ2n) is 6.08. The van der Waals surface area contributed by atoms with E-state index in [1.807, 2.05) is 12.1 Å². The van der Waals surface area contributed by atoms with Crippen molar-refractivity contribution in [1.29, 1.82) is 0 Å². The minimum atomic E-state index is 0.267. The lowest BCUT2D eigenvalue weighted by molar-refractivity contribution is 0.163. The van der Waals surface area contributed by atoms with Gasteiger partial charge in [0.05, 0.1) is 17.1 Å². The van der Waals surface area contributed by atoms with Crippen molar-refractivity contribution in [3.8, 4) is 0 Å². The van der Waals surface area contributed by atoms with Gasteiger partial charge in [-0.25, -0.2) is 4.98 Å². The summed E-state index contributed by atoms with van der Waals surface area (Å²) in [7, 11) is 2.21. The number of likely N-dealkylation sites (tertiary alicyclic amines) is 1. The number of nitrogens with zero attached hydrogens (tertiary/aromatic N) is 2. The molecule has 2 aromatic rings. The predicted molar refractivity (Wildman–Crippen MR) is 82.8 cm³/mol. The first-order chi connectivity index (χ1) is 9.63. The van der Waals surface area contributed by atoms with E-state index in [1.165, 1.54) is 19.4 Å². The van der Waals surface area contributed by atoms with Crippen molar-refractivity contribution in [1.82, 2.24) is 20.2 Å². The van der Waals surface area contributed by atoms with Crippen LogP contribution in [0.4, 0.5) is 0 Å². The molecule has 4 nitrogen and oxygen atoms in total. The summed E-state index contributed by atoms with van der Waals surface area (Å²) >= 11 is 0. The van der Waals surface area contributed by atoms with Gasteiger partial charge in [0.15, 0.2) is 0 Å². The fourth-order valence-corrected chi connectivity index (χ4v) is 3.05. The smallest absolute Gasteiger partial charge is 0.124 e. The maximum Gasteiger partial charge on any atom is 0.124 e. The first kappa shape index (κ1) is 13.6. The maximum atomic E-state index is 4.68. The molecule has 20 heavy (non-hydrogen) atoms. The molecule has 0 bridgehead atoms. The van der Waals surface area contributed by atoms with E-state index < -0.39 is 0 Å².